The van der Waals surface area contributed by atoms with Gasteiger partial charge in [0.15, 0.2) is 0 Å². The summed E-state index contributed by atoms with van der Waals surface area (Å²) in [6.07, 6.45) is 0.950. The molecule has 2 aromatic rings. The van der Waals surface area contributed by atoms with Gasteiger partial charge in [0.25, 0.3) is 0 Å². The smallest absolute Gasteiger partial charge is 0.0584 e. The van der Waals surface area contributed by atoms with Crippen LogP contribution in [0.15, 0.2) is 30.3 Å². The summed E-state index contributed by atoms with van der Waals surface area (Å²) in [5.41, 5.74) is 0. The molecule has 92 valence electrons. The minimum absolute atomic E-state index is 0.190. The molecule has 1 aromatic heterocycles. The van der Waals surface area contributed by atoms with E-state index in [0.717, 1.165) is 6.42 Å². The predicted octanol–water partition coefficient (Wildman–Crippen LogP) is 3.32. The molecular formula is C14H19NOS. The quantitative estimate of drug-likeness (QED) is 0.852. The van der Waals surface area contributed by atoms with Crippen LogP contribution in [0.5, 0.6) is 0 Å². The van der Waals surface area contributed by atoms with Gasteiger partial charge in [-0.15, -0.1) is 11.3 Å². The van der Waals surface area contributed by atoms with E-state index in [2.05, 4.69) is 49.5 Å². The van der Waals surface area contributed by atoms with Gasteiger partial charge in [0.05, 0.1) is 6.61 Å². The Morgan fingerprint density at radius 3 is 2.76 bits per heavy atom. The third-order valence-electron chi connectivity index (χ3n) is 3.07. The predicted molar refractivity (Wildman–Crippen MR) is 74.5 cm³/mol. The molecule has 1 aromatic carbocycles. The van der Waals surface area contributed by atoms with Crippen molar-refractivity contribution in [1.29, 1.82) is 0 Å². The molecule has 0 aliphatic carbocycles. The minimum atomic E-state index is 0.190. The Labute approximate surface area is 106 Å². The molecule has 0 fully saturated rings. The fourth-order valence-corrected chi connectivity index (χ4v) is 3.03. The highest BCUT2D eigenvalue weighted by Crippen LogP contribution is 2.29. The van der Waals surface area contributed by atoms with E-state index in [1.165, 1.54) is 15.0 Å². The first-order valence-corrected chi connectivity index (χ1v) is 6.91. The number of rotatable bonds is 5. The zero-order chi connectivity index (χ0) is 12.3. The van der Waals surface area contributed by atoms with E-state index < -0.39 is 0 Å². The van der Waals surface area contributed by atoms with Crippen molar-refractivity contribution in [3.63, 3.8) is 0 Å². The summed E-state index contributed by atoms with van der Waals surface area (Å²) >= 11 is 1.82. The Balaban J connectivity index is 2.15. The standard InChI is InChI=1S/C14H19NOS/c1-3-12(9-16)15-10(2)14-8-11-6-4-5-7-13(11)17-14/h4-8,10,12,15-16H,3,9H2,1-2H3/t10?,12-/m0/s1. The van der Waals surface area contributed by atoms with Gasteiger partial charge in [0, 0.05) is 21.7 Å². The number of fused-ring (bicyclic) bond motifs is 1. The van der Waals surface area contributed by atoms with Crippen molar-refractivity contribution in [2.75, 3.05) is 6.61 Å². The fourth-order valence-electron chi connectivity index (χ4n) is 1.95. The van der Waals surface area contributed by atoms with Crippen molar-refractivity contribution in [2.24, 2.45) is 0 Å². The largest absolute Gasteiger partial charge is 0.395 e. The molecule has 2 rings (SSSR count). The van der Waals surface area contributed by atoms with Gasteiger partial charge in [-0.3, -0.25) is 0 Å². The Kier molecular flexibility index (Phi) is 4.15. The van der Waals surface area contributed by atoms with Gasteiger partial charge in [-0.2, -0.15) is 0 Å². The van der Waals surface area contributed by atoms with Crippen molar-refractivity contribution in [2.45, 2.75) is 32.4 Å². The van der Waals surface area contributed by atoms with E-state index in [4.69, 9.17) is 0 Å². The van der Waals surface area contributed by atoms with Crippen LogP contribution in [0, 0.1) is 0 Å². The van der Waals surface area contributed by atoms with Crippen molar-refractivity contribution < 1.29 is 5.11 Å². The summed E-state index contributed by atoms with van der Waals surface area (Å²) in [5.74, 6) is 0. The SMILES string of the molecule is CC[C@@H](CO)NC(C)c1cc2ccccc2s1. The van der Waals surface area contributed by atoms with Crippen LogP contribution in [-0.4, -0.2) is 17.8 Å². The van der Waals surface area contributed by atoms with Crippen molar-refractivity contribution in [3.8, 4) is 0 Å². The second kappa shape index (κ2) is 5.63. The molecule has 0 amide bonds. The molecule has 0 saturated heterocycles. The maximum absolute atomic E-state index is 9.20. The number of aliphatic hydroxyl groups is 1. The number of benzene rings is 1. The van der Waals surface area contributed by atoms with Crippen LogP contribution in [0.3, 0.4) is 0 Å². The van der Waals surface area contributed by atoms with Gasteiger partial charge in [-0.25, -0.2) is 0 Å². The normalized spacial score (nSPS) is 15.0. The molecule has 0 spiro atoms. The van der Waals surface area contributed by atoms with E-state index in [-0.39, 0.29) is 12.6 Å². The maximum atomic E-state index is 9.20. The lowest BCUT2D eigenvalue weighted by Gasteiger charge is -2.19. The number of aliphatic hydroxyl groups excluding tert-OH is 1. The minimum Gasteiger partial charge on any atom is -0.395 e. The lowest BCUT2D eigenvalue weighted by Crippen LogP contribution is -2.33. The Hall–Kier alpha value is -0.900. The molecule has 2 nitrogen and oxygen atoms in total. The highest BCUT2D eigenvalue weighted by Gasteiger charge is 2.13. The highest BCUT2D eigenvalue weighted by molar-refractivity contribution is 7.19. The molecule has 3 heteroatoms. The number of hydrogen-bond donors (Lipinski definition) is 2. The van der Waals surface area contributed by atoms with Gasteiger partial charge in [0.1, 0.15) is 0 Å². The van der Waals surface area contributed by atoms with Crippen molar-refractivity contribution in [3.05, 3.63) is 35.2 Å². The molecule has 0 radical (unpaired) electrons. The van der Waals surface area contributed by atoms with Gasteiger partial charge in [0.2, 0.25) is 0 Å². The second-order valence-electron chi connectivity index (χ2n) is 4.36. The average Bonchev–Trinajstić information content (AvgIpc) is 2.79. The topological polar surface area (TPSA) is 32.3 Å². The molecule has 1 unspecified atom stereocenters. The van der Waals surface area contributed by atoms with Crippen LogP contribution < -0.4 is 5.32 Å². The Morgan fingerprint density at radius 1 is 1.35 bits per heavy atom. The molecule has 0 bridgehead atoms. The zero-order valence-electron chi connectivity index (χ0n) is 10.3. The monoisotopic (exact) mass is 249 g/mol. The van der Waals surface area contributed by atoms with E-state index in [9.17, 15) is 5.11 Å². The first-order valence-electron chi connectivity index (χ1n) is 6.10. The number of nitrogens with one attached hydrogen (secondary N) is 1. The van der Waals surface area contributed by atoms with E-state index in [0.29, 0.717) is 6.04 Å². The van der Waals surface area contributed by atoms with Crippen LogP contribution in [0.2, 0.25) is 0 Å². The Bertz CT molecular complexity index is 443. The van der Waals surface area contributed by atoms with E-state index in [1.54, 1.807) is 0 Å². The van der Waals surface area contributed by atoms with Crippen LogP contribution in [0.4, 0.5) is 0 Å². The molecule has 2 atom stereocenters. The fraction of sp³-hybridized carbons (Fsp3) is 0.429. The summed E-state index contributed by atoms with van der Waals surface area (Å²) in [6, 6.07) is 11.2. The third kappa shape index (κ3) is 2.86. The van der Waals surface area contributed by atoms with Crippen LogP contribution in [0.25, 0.3) is 10.1 Å². The summed E-state index contributed by atoms with van der Waals surface area (Å²) in [5, 5.41) is 14.0. The van der Waals surface area contributed by atoms with Crippen molar-refractivity contribution in [1.82, 2.24) is 5.32 Å². The van der Waals surface area contributed by atoms with E-state index >= 15 is 0 Å². The summed E-state index contributed by atoms with van der Waals surface area (Å²) < 4.78 is 1.33. The highest BCUT2D eigenvalue weighted by atomic mass is 32.1. The number of thiophene rings is 1. The molecule has 17 heavy (non-hydrogen) atoms. The average molecular weight is 249 g/mol. The lowest BCUT2D eigenvalue weighted by atomic mass is 10.1. The zero-order valence-corrected chi connectivity index (χ0v) is 11.1. The molecule has 2 N–H and O–H groups in total. The van der Waals surface area contributed by atoms with Gasteiger partial charge in [-0.05, 0) is 30.9 Å². The lowest BCUT2D eigenvalue weighted by molar-refractivity contribution is 0.230. The summed E-state index contributed by atoms with van der Waals surface area (Å²) in [6.45, 7) is 4.44. The van der Waals surface area contributed by atoms with Gasteiger partial charge >= 0.3 is 0 Å². The molecule has 0 saturated carbocycles. The molecule has 1 heterocycles. The van der Waals surface area contributed by atoms with Crippen LogP contribution >= 0.6 is 11.3 Å². The maximum Gasteiger partial charge on any atom is 0.0584 e. The summed E-state index contributed by atoms with van der Waals surface area (Å²) in [4.78, 5) is 1.33. The van der Waals surface area contributed by atoms with Crippen LogP contribution in [0.1, 0.15) is 31.2 Å². The van der Waals surface area contributed by atoms with Crippen molar-refractivity contribution >= 4 is 21.4 Å². The van der Waals surface area contributed by atoms with Gasteiger partial charge in [-0.1, -0.05) is 25.1 Å². The van der Waals surface area contributed by atoms with Gasteiger partial charge < -0.3 is 10.4 Å². The molecular weight excluding hydrogens is 230 g/mol. The van der Waals surface area contributed by atoms with Crippen LogP contribution in [-0.2, 0) is 0 Å². The second-order valence-corrected chi connectivity index (χ2v) is 5.48. The van der Waals surface area contributed by atoms with E-state index in [1.807, 2.05) is 11.3 Å². The molecule has 0 aliphatic heterocycles. The summed E-state index contributed by atoms with van der Waals surface area (Å²) in [7, 11) is 0. The third-order valence-corrected chi connectivity index (χ3v) is 4.37. The Morgan fingerprint density at radius 2 is 2.12 bits per heavy atom. The number of hydrogen-bond acceptors (Lipinski definition) is 3. The molecule has 0 aliphatic rings. The first-order chi connectivity index (χ1) is 8.24. The first kappa shape index (κ1) is 12.6.